The van der Waals surface area contributed by atoms with Crippen molar-refractivity contribution >= 4 is 11.0 Å². The first kappa shape index (κ1) is 11.8. The van der Waals surface area contributed by atoms with Gasteiger partial charge in [-0.1, -0.05) is 0 Å². The zero-order valence-electron chi connectivity index (χ0n) is 9.89. The Morgan fingerprint density at radius 3 is 2.58 bits per heavy atom. The van der Waals surface area contributed by atoms with E-state index in [2.05, 4.69) is 9.97 Å². The summed E-state index contributed by atoms with van der Waals surface area (Å²) in [5, 5.41) is 0. The molecule has 2 aromatic heterocycles. The number of aromatic nitrogens is 4. The number of halogens is 3. The largest absolute Gasteiger partial charge is 0.416 e. The van der Waals surface area contributed by atoms with Gasteiger partial charge in [0.1, 0.15) is 6.33 Å². The lowest BCUT2D eigenvalue weighted by Gasteiger charge is -2.08. The number of fused-ring (bicyclic) bond motifs is 1. The highest BCUT2D eigenvalue weighted by Gasteiger charge is 2.31. The summed E-state index contributed by atoms with van der Waals surface area (Å²) >= 11 is 0. The van der Waals surface area contributed by atoms with Gasteiger partial charge < -0.3 is 4.57 Å². The molecule has 3 aromatic rings. The molecule has 98 valence electrons. The molecule has 4 nitrogen and oxygen atoms in total. The quantitative estimate of drug-likeness (QED) is 0.679. The standard InChI is InChI=1S/C12H9F3N4/c1-18-5-4-16-11(18)19-7-17-9-3-2-8(6-10(9)19)12(13,14)15/h2-7H,1H3. The minimum absolute atomic E-state index is 0.379. The fourth-order valence-electron chi connectivity index (χ4n) is 1.93. The summed E-state index contributed by atoms with van der Waals surface area (Å²) in [4.78, 5) is 8.19. The molecule has 2 heterocycles. The second-order valence-electron chi connectivity index (χ2n) is 4.15. The summed E-state index contributed by atoms with van der Waals surface area (Å²) in [6.45, 7) is 0. The molecule has 0 saturated heterocycles. The van der Waals surface area contributed by atoms with Crippen molar-refractivity contribution in [3.8, 4) is 5.95 Å². The number of hydrogen-bond acceptors (Lipinski definition) is 2. The zero-order chi connectivity index (χ0) is 13.6. The Hall–Kier alpha value is -2.31. The van der Waals surface area contributed by atoms with E-state index in [-0.39, 0.29) is 0 Å². The Kier molecular flexibility index (Phi) is 2.38. The third kappa shape index (κ3) is 1.87. The van der Waals surface area contributed by atoms with Gasteiger partial charge in [0, 0.05) is 19.4 Å². The second-order valence-corrected chi connectivity index (χ2v) is 4.15. The Morgan fingerprint density at radius 2 is 1.95 bits per heavy atom. The summed E-state index contributed by atoms with van der Waals surface area (Å²) in [5.74, 6) is 0.516. The van der Waals surface area contributed by atoms with Crippen LogP contribution in [0.15, 0.2) is 36.9 Å². The molecular formula is C12H9F3N4. The van der Waals surface area contributed by atoms with Gasteiger partial charge in [-0.25, -0.2) is 9.97 Å². The van der Waals surface area contributed by atoms with E-state index in [9.17, 15) is 13.2 Å². The molecule has 7 heteroatoms. The second kappa shape index (κ2) is 3.84. The van der Waals surface area contributed by atoms with E-state index < -0.39 is 11.7 Å². The fourth-order valence-corrected chi connectivity index (χ4v) is 1.93. The molecule has 0 N–H and O–H groups in total. The summed E-state index contributed by atoms with van der Waals surface area (Å²) in [6.07, 6.45) is 0.391. The average Bonchev–Trinajstić information content (AvgIpc) is 2.92. The van der Waals surface area contributed by atoms with Gasteiger partial charge in [0.25, 0.3) is 0 Å². The van der Waals surface area contributed by atoms with Crippen LogP contribution in [0.3, 0.4) is 0 Å². The predicted molar refractivity (Wildman–Crippen MR) is 62.8 cm³/mol. The Balaban J connectivity index is 2.25. The minimum atomic E-state index is -4.37. The topological polar surface area (TPSA) is 35.6 Å². The number of rotatable bonds is 1. The Bertz CT molecular complexity index is 739. The van der Waals surface area contributed by atoms with Crippen molar-refractivity contribution in [2.75, 3.05) is 0 Å². The minimum Gasteiger partial charge on any atom is -0.320 e. The van der Waals surface area contributed by atoms with Crippen LogP contribution in [0.2, 0.25) is 0 Å². The van der Waals surface area contributed by atoms with E-state index in [1.54, 1.807) is 24.0 Å². The molecule has 0 unspecified atom stereocenters. The average molecular weight is 266 g/mol. The highest BCUT2D eigenvalue weighted by molar-refractivity contribution is 5.77. The molecule has 1 aromatic carbocycles. The number of aryl methyl sites for hydroxylation is 1. The van der Waals surface area contributed by atoms with Crippen molar-refractivity contribution in [3.63, 3.8) is 0 Å². The van der Waals surface area contributed by atoms with Gasteiger partial charge in [-0.2, -0.15) is 13.2 Å². The van der Waals surface area contributed by atoms with Gasteiger partial charge in [0.05, 0.1) is 16.6 Å². The van der Waals surface area contributed by atoms with E-state index >= 15 is 0 Å². The normalized spacial score (nSPS) is 12.2. The van der Waals surface area contributed by atoms with Crippen LogP contribution in [0, 0.1) is 0 Å². The molecule has 0 spiro atoms. The molecule has 0 aliphatic carbocycles. The fraction of sp³-hybridized carbons (Fsp3) is 0.167. The van der Waals surface area contributed by atoms with Gasteiger partial charge in [-0.3, -0.25) is 4.57 Å². The van der Waals surface area contributed by atoms with Crippen LogP contribution in [-0.2, 0) is 13.2 Å². The van der Waals surface area contributed by atoms with Gasteiger partial charge in [-0.15, -0.1) is 0 Å². The van der Waals surface area contributed by atoms with Gasteiger partial charge >= 0.3 is 6.18 Å². The number of hydrogen-bond donors (Lipinski definition) is 0. The summed E-state index contributed by atoms with van der Waals surface area (Å²) < 4.78 is 41.4. The van der Waals surface area contributed by atoms with Crippen LogP contribution in [0.4, 0.5) is 13.2 Å². The van der Waals surface area contributed by atoms with Crippen molar-refractivity contribution in [1.82, 2.24) is 19.1 Å². The van der Waals surface area contributed by atoms with Crippen molar-refractivity contribution in [2.45, 2.75) is 6.18 Å². The number of imidazole rings is 2. The first-order valence-electron chi connectivity index (χ1n) is 5.49. The molecule has 0 bridgehead atoms. The lowest BCUT2D eigenvalue weighted by Crippen LogP contribution is -2.06. The molecule has 19 heavy (non-hydrogen) atoms. The number of alkyl halides is 3. The van der Waals surface area contributed by atoms with Gasteiger partial charge in [-0.05, 0) is 18.2 Å². The molecule has 0 aliphatic rings. The lowest BCUT2D eigenvalue weighted by atomic mass is 10.2. The predicted octanol–water partition coefficient (Wildman–Crippen LogP) is 2.78. The van der Waals surface area contributed by atoms with Crippen molar-refractivity contribution in [2.24, 2.45) is 7.05 Å². The van der Waals surface area contributed by atoms with Crippen LogP contribution in [-0.4, -0.2) is 19.1 Å². The molecule has 0 aliphatic heterocycles. The SMILES string of the molecule is Cn1ccnc1-n1cnc2ccc(C(F)(F)F)cc21. The monoisotopic (exact) mass is 266 g/mol. The van der Waals surface area contributed by atoms with Crippen molar-refractivity contribution in [3.05, 3.63) is 42.5 Å². The summed E-state index contributed by atoms with van der Waals surface area (Å²) in [6, 6.07) is 3.46. The van der Waals surface area contributed by atoms with E-state index in [0.717, 1.165) is 12.1 Å². The third-order valence-corrected chi connectivity index (χ3v) is 2.89. The summed E-state index contributed by atoms with van der Waals surface area (Å²) in [5.41, 5.74) is 0.177. The first-order valence-corrected chi connectivity index (χ1v) is 5.49. The van der Waals surface area contributed by atoms with Crippen molar-refractivity contribution in [1.29, 1.82) is 0 Å². The van der Waals surface area contributed by atoms with E-state index in [0.29, 0.717) is 17.0 Å². The maximum atomic E-state index is 12.7. The molecule has 0 saturated carbocycles. The maximum absolute atomic E-state index is 12.7. The van der Waals surface area contributed by atoms with Crippen molar-refractivity contribution < 1.29 is 13.2 Å². The molecule has 3 rings (SSSR count). The van der Waals surface area contributed by atoms with E-state index in [1.807, 2.05) is 0 Å². The first-order chi connectivity index (χ1) is 8.97. The van der Waals surface area contributed by atoms with Crippen LogP contribution in [0.25, 0.3) is 17.0 Å². The Morgan fingerprint density at radius 1 is 1.16 bits per heavy atom. The molecule has 0 atom stereocenters. The smallest absolute Gasteiger partial charge is 0.320 e. The zero-order valence-corrected chi connectivity index (χ0v) is 9.89. The lowest BCUT2D eigenvalue weighted by molar-refractivity contribution is -0.137. The van der Waals surface area contributed by atoms with Gasteiger partial charge in [0.2, 0.25) is 5.95 Å². The maximum Gasteiger partial charge on any atom is 0.416 e. The molecule has 0 radical (unpaired) electrons. The highest BCUT2D eigenvalue weighted by Crippen LogP contribution is 2.31. The van der Waals surface area contributed by atoms with Crippen LogP contribution < -0.4 is 0 Å². The van der Waals surface area contributed by atoms with E-state index in [1.165, 1.54) is 17.0 Å². The van der Waals surface area contributed by atoms with Crippen LogP contribution in [0.1, 0.15) is 5.56 Å². The Labute approximate surface area is 106 Å². The van der Waals surface area contributed by atoms with Crippen LogP contribution >= 0.6 is 0 Å². The number of nitrogens with zero attached hydrogens (tertiary/aromatic N) is 4. The molecule has 0 fully saturated rings. The third-order valence-electron chi connectivity index (χ3n) is 2.89. The molecule has 0 amide bonds. The summed E-state index contributed by atoms with van der Waals surface area (Å²) in [7, 11) is 1.77. The van der Waals surface area contributed by atoms with E-state index in [4.69, 9.17) is 0 Å². The highest BCUT2D eigenvalue weighted by atomic mass is 19.4. The van der Waals surface area contributed by atoms with Gasteiger partial charge in [0.15, 0.2) is 0 Å². The number of benzene rings is 1. The van der Waals surface area contributed by atoms with Crippen LogP contribution in [0.5, 0.6) is 0 Å². The molecular weight excluding hydrogens is 257 g/mol.